The summed E-state index contributed by atoms with van der Waals surface area (Å²) in [6, 6.07) is 0. The second kappa shape index (κ2) is 64.6. The summed E-state index contributed by atoms with van der Waals surface area (Å²) in [7, 11) is 0. The number of rotatable bonds is 58. The average Bonchev–Trinajstić information content (AvgIpc) is 3.43. The fraction of sp³-hybridized carbons (Fsp3) is 0.704. The molecule has 0 aromatic heterocycles. The smallest absolute Gasteiger partial charge is 0.306 e. The van der Waals surface area contributed by atoms with E-state index >= 15 is 0 Å². The van der Waals surface area contributed by atoms with Gasteiger partial charge in [-0.05, 0) is 116 Å². The van der Waals surface area contributed by atoms with E-state index in [0.29, 0.717) is 19.3 Å². The van der Waals surface area contributed by atoms with Crippen molar-refractivity contribution >= 4 is 17.9 Å². The minimum Gasteiger partial charge on any atom is -0.462 e. The van der Waals surface area contributed by atoms with Gasteiger partial charge in [0.1, 0.15) is 13.2 Å². The zero-order valence-electron chi connectivity index (χ0n) is 50.4. The third-order valence-electron chi connectivity index (χ3n) is 13.7. The Morgan fingerprint density at radius 1 is 0.273 bits per heavy atom. The molecule has 0 N–H and O–H groups in total. The maximum absolute atomic E-state index is 12.9. The number of unbranched alkanes of at least 4 members (excludes halogenated alkanes) is 29. The number of ether oxygens (including phenoxy) is 3. The summed E-state index contributed by atoms with van der Waals surface area (Å²) in [6.07, 6.45) is 88.3. The number of esters is 3. The van der Waals surface area contributed by atoms with E-state index < -0.39 is 6.10 Å². The van der Waals surface area contributed by atoms with Crippen LogP contribution >= 0.6 is 0 Å². The highest BCUT2D eigenvalue weighted by atomic mass is 16.6. The largest absolute Gasteiger partial charge is 0.462 e. The molecule has 0 saturated carbocycles. The lowest BCUT2D eigenvalue weighted by molar-refractivity contribution is -0.166. The van der Waals surface area contributed by atoms with Gasteiger partial charge in [0.15, 0.2) is 6.10 Å². The highest BCUT2D eigenvalue weighted by molar-refractivity contribution is 5.71. The number of carbonyl (C=O) groups is 3. The van der Waals surface area contributed by atoms with Crippen LogP contribution in [0, 0.1) is 0 Å². The lowest BCUT2D eigenvalue weighted by atomic mass is 10.0. The molecule has 0 aromatic rings. The molecule has 1 atom stereocenters. The Labute approximate surface area is 476 Å². The van der Waals surface area contributed by atoms with Gasteiger partial charge in [0.2, 0.25) is 0 Å². The SMILES string of the molecule is CC/C=C\C/C=C\C/C=C\C/C=C\CCC(=O)OCC(COC(=O)CCCCCCCCCCCCCC/C=C\C/C=C\C/C=C\CCCCCCC)OC(=O)CCCCCCCCCCC/C=C\C/C=C\CCCCC. The first-order chi connectivity index (χ1) is 38.0. The fourth-order valence-corrected chi connectivity index (χ4v) is 8.91. The van der Waals surface area contributed by atoms with Gasteiger partial charge in [-0.1, -0.05) is 278 Å². The van der Waals surface area contributed by atoms with Crippen LogP contribution < -0.4 is 0 Å². The van der Waals surface area contributed by atoms with Gasteiger partial charge in [-0.15, -0.1) is 0 Å². The molecule has 0 radical (unpaired) electrons. The van der Waals surface area contributed by atoms with E-state index in [9.17, 15) is 14.4 Å². The van der Waals surface area contributed by atoms with Gasteiger partial charge in [-0.25, -0.2) is 0 Å². The maximum Gasteiger partial charge on any atom is 0.306 e. The summed E-state index contributed by atoms with van der Waals surface area (Å²) in [5.41, 5.74) is 0. The normalized spacial score (nSPS) is 12.8. The monoisotopic (exact) mass is 1070 g/mol. The first kappa shape index (κ1) is 73.1. The van der Waals surface area contributed by atoms with Gasteiger partial charge >= 0.3 is 17.9 Å². The van der Waals surface area contributed by atoms with Gasteiger partial charge in [0.05, 0.1) is 0 Å². The predicted octanol–water partition coefficient (Wildman–Crippen LogP) is 22.2. The van der Waals surface area contributed by atoms with Crippen molar-refractivity contribution in [3.8, 4) is 0 Å². The number of carbonyl (C=O) groups excluding carboxylic acids is 3. The molecule has 77 heavy (non-hydrogen) atoms. The Kier molecular flexibility index (Phi) is 61.3. The molecule has 0 spiro atoms. The summed E-state index contributed by atoms with van der Waals surface area (Å²) >= 11 is 0. The van der Waals surface area contributed by atoms with E-state index in [4.69, 9.17) is 14.2 Å². The van der Waals surface area contributed by atoms with Crippen LogP contribution in [0.1, 0.15) is 303 Å². The summed E-state index contributed by atoms with van der Waals surface area (Å²) in [4.78, 5) is 38.3. The van der Waals surface area contributed by atoms with E-state index in [0.717, 1.165) is 83.5 Å². The second-order valence-electron chi connectivity index (χ2n) is 21.3. The molecule has 0 aromatic carbocycles. The van der Waals surface area contributed by atoms with Gasteiger partial charge in [-0.2, -0.15) is 0 Å². The topological polar surface area (TPSA) is 78.9 Å². The third kappa shape index (κ3) is 62.8. The quantitative estimate of drug-likeness (QED) is 0.0261. The van der Waals surface area contributed by atoms with Crippen LogP contribution in [0.5, 0.6) is 0 Å². The molecule has 440 valence electrons. The number of hydrogen-bond donors (Lipinski definition) is 0. The Hall–Kier alpha value is -3.93. The van der Waals surface area contributed by atoms with Crippen LogP contribution in [-0.2, 0) is 28.6 Å². The standard InChI is InChI=1S/C71H120O6/c1-4-7-10-13-16-19-22-25-27-29-31-32-33-34-35-36-37-38-40-41-43-46-49-52-55-58-61-64-70(73)76-67-68(66-75-69(72)63-60-57-54-51-48-45-24-21-18-15-12-9-6-3)77-71(74)65-62-59-56-53-50-47-44-42-39-30-28-26-23-20-17-14-11-8-5-2/h9,12,17-18,20-22,25-26,28-29,31,33-34,45,48,54,57,68H,4-8,10-11,13-16,19,23-24,27,30,32,35-44,46-47,49-53,55-56,58-67H2,1-3H3/b12-9-,20-17-,21-18-,25-22-,28-26-,31-29-,34-33-,48-45-,57-54-. The lowest BCUT2D eigenvalue weighted by Gasteiger charge is -2.18. The van der Waals surface area contributed by atoms with Crippen molar-refractivity contribution in [1.29, 1.82) is 0 Å². The molecule has 6 heteroatoms. The van der Waals surface area contributed by atoms with Crippen molar-refractivity contribution in [2.24, 2.45) is 0 Å². The summed E-state index contributed by atoms with van der Waals surface area (Å²) < 4.78 is 16.8. The lowest BCUT2D eigenvalue weighted by Crippen LogP contribution is -2.30. The zero-order valence-corrected chi connectivity index (χ0v) is 50.4. The first-order valence-electron chi connectivity index (χ1n) is 32.4. The van der Waals surface area contributed by atoms with Crippen molar-refractivity contribution in [1.82, 2.24) is 0 Å². The number of allylic oxidation sites excluding steroid dienone is 18. The predicted molar refractivity (Wildman–Crippen MR) is 334 cm³/mol. The molecule has 0 fully saturated rings. The van der Waals surface area contributed by atoms with Crippen LogP contribution in [0.2, 0.25) is 0 Å². The van der Waals surface area contributed by atoms with Crippen LogP contribution in [-0.4, -0.2) is 37.2 Å². The Balaban J connectivity index is 4.34. The Morgan fingerprint density at radius 3 is 0.896 bits per heavy atom. The zero-order chi connectivity index (χ0) is 55.7. The third-order valence-corrected chi connectivity index (χ3v) is 13.7. The highest BCUT2D eigenvalue weighted by Crippen LogP contribution is 2.16. The fourth-order valence-electron chi connectivity index (χ4n) is 8.91. The molecule has 0 bridgehead atoms. The van der Waals surface area contributed by atoms with Crippen LogP contribution in [0.3, 0.4) is 0 Å². The molecular formula is C71H120O6. The van der Waals surface area contributed by atoms with E-state index in [-0.39, 0.29) is 37.5 Å². The van der Waals surface area contributed by atoms with Gasteiger partial charge in [-0.3, -0.25) is 14.4 Å². The summed E-state index contributed by atoms with van der Waals surface area (Å²) in [5.74, 6) is -0.988. The maximum atomic E-state index is 12.9. The summed E-state index contributed by atoms with van der Waals surface area (Å²) in [6.45, 7) is 6.44. The van der Waals surface area contributed by atoms with Crippen molar-refractivity contribution in [3.05, 3.63) is 109 Å². The Morgan fingerprint density at radius 2 is 0.532 bits per heavy atom. The number of hydrogen-bond acceptors (Lipinski definition) is 6. The van der Waals surface area contributed by atoms with E-state index in [1.54, 1.807) is 0 Å². The molecular weight excluding hydrogens is 949 g/mol. The van der Waals surface area contributed by atoms with Crippen molar-refractivity contribution in [3.63, 3.8) is 0 Å². The van der Waals surface area contributed by atoms with Crippen molar-refractivity contribution < 1.29 is 28.6 Å². The molecule has 0 rings (SSSR count). The average molecular weight is 1070 g/mol. The molecule has 0 amide bonds. The highest BCUT2D eigenvalue weighted by Gasteiger charge is 2.19. The van der Waals surface area contributed by atoms with E-state index in [1.807, 2.05) is 6.08 Å². The van der Waals surface area contributed by atoms with Crippen LogP contribution in [0.15, 0.2) is 109 Å². The van der Waals surface area contributed by atoms with E-state index in [2.05, 4.69) is 124 Å². The molecule has 1 unspecified atom stereocenters. The molecule has 0 heterocycles. The minimum atomic E-state index is -0.812. The Bertz CT molecular complexity index is 1560. The summed E-state index contributed by atoms with van der Waals surface area (Å²) in [5, 5.41) is 0. The molecule has 0 aliphatic rings. The molecule has 6 nitrogen and oxygen atoms in total. The minimum absolute atomic E-state index is 0.103. The molecule has 0 aliphatic carbocycles. The molecule has 0 saturated heterocycles. The van der Waals surface area contributed by atoms with Crippen molar-refractivity contribution in [2.45, 2.75) is 309 Å². The van der Waals surface area contributed by atoms with Crippen molar-refractivity contribution in [2.75, 3.05) is 13.2 Å². The van der Waals surface area contributed by atoms with Gasteiger partial charge < -0.3 is 14.2 Å². The van der Waals surface area contributed by atoms with Crippen LogP contribution in [0.4, 0.5) is 0 Å². The molecule has 0 aliphatic heterocycles. The van der Waals surface area contributed by atoms with E-state index in [1.165, 1.54) is 173 Å². The van der Waals surface area contributed by atoms with Gasteiger partial charge in [0.25, 0.3) is 0 Å². The van der Waals surface area contributed by atoms with Crippen LogP contribution in [0.25, 0.3) is 0 Å². The van der Waals surface area contributed by atoms with Gasteiger partial charge in [0, 0.05) is 19.3 Å². The first-order valence-corrected chi connectivity index (χ1v) is 32.4. The second-order valence-corrected chi connectivity index (χ2v) is 21.3.